The number of carbonyl (C=O) groups excluding carboxylic acids is 3. The normalized spacial score (nSPS) is 18.9. The lowest BCUT2D eigenvalue weighted by atomic mass is 10.1. The van der Waals surface area contributed by atoms with E-state index in [0.717, 1.165) is 4.70 Å². The van der Waals surface area contributed by atoms with E-state index in [1.54, 1.807) is 41.3 Å². The minimum atomic E-state index is -0.848. The third-order valence-electron chi connectivity index (χ3n) is 4.68. The Balaban J connectivity index is 1.61. The standard InChI is InChI=1S/C19H15ClFN4O3/c20-13-3-1-12(2-4-13)16(26)11-25-18(28)17(27)24-10-9-23(19(24)22-25)15-7-5-14(21)6-8-15/h1-8,19H,9-11H2/q+1. The minimum absolute atomic E-state index is 0.315. The predicted octanol–water partition coefficient (Wildman–Crippen LogP) is 2.30. The SMILES string of the molecule is O=C(C[N+]1=NC2N(CCN2c2ccc(F)cc2)C(=O)C1=O)c1ccc(Cl)cc1. The molecule has 0 aromatic heterocycles. The number of rotatable bonds is 4. The molecule has 4 rings (SSSR count). The molecule has 2 amide bonds. The maximum Gasteiger partial charge on any atom is 0.502 e. The van der Waals surface area contributed by atoms with Gasteiger partial charge in [0.2, 0.25) is 12.3 Å². The van der Waals surface area contributed by atoms with Crippen molar-refractivity contribution >= 4 is 34.9 Å². The monoisotopic (exact) mass is 401 g/mol. The second-order valence-electron chi connectivity index (χ2n) is 6.42. The number of halogens is 2. The lowest BCUT2D eigenvalue weighted by Gasteiger charge is -2.26. The Labute approximate surface area is 164 Å². The molecule has 1 atom stereocenters. The number of ketones is 1. The van der Waals surface area contributed by atoms with E-state index in [0.29, 0.717) is 29.4 Å². The van der Waals surface area contributed by atoms with E-state index in [1.807, 2.05) is 0 Å². The zero-order chi connectivity index (χ0) is 19.8. The molecule has 0 bridgehead atoms. The van der Waals surface area contributed by atoms with Gasteiger partial charge < -0.3 is 4.90 Å². The summed E-state index contributed by atoms with van der Waals surface area (Å²) in [5.74, 6) is -2.30. The second-order valence-corrected chi connectivity index (χ2v) is 6.86. The summed E-state index contributed by atoms with van der Waals surface area (Å²) in [5.41, 5.74) is 1.04. The smallest absolute Gasteiger partial charge is 0.326 e. The van der Waals surface area contributed by atoms with Crippen LogP contribution in [-0.4, -0.2) is 53.1 Å². The summed E-state index contributed by atoms with van der Waals surface area (Å²) in [6.45, 7) is 0.403. The summed E-state index contributed by atoms with van der Waals surface area (Å²) in [5, 5.41) is 4.80. The number of Topliss-reactive ketones (excluding diaryl/α,β-unsaturated/α-hetero) is 1. The highest BCUT2D eigenvalue weighted by atomic mass is 35.5. The Morgan fingerprint density at radius 1 is 1.07 bits per heavy atom. The van der Waals surface area contributed by atoms with Gasteiger partial charge in [-0.2, -0.15) is 0 Å². The first-order valence-electron chi connectivity index (χ1n) is 8.58. The Morgan fingerprint density at radius 2 is 1.71 bits per heavy atom. The number of fused-ring (bicyclic) bond motifs is 1. The van der Waals surface area contributed by atoms with Gasteiger partial charge in [-0.1, -0.05) is 11.6 Å². The molecule has 0 saturated carbocycles. The molecule has 0 radical (unpaired) electrons. The Morgan fingerprint density at radius 3 is 2.39 bits per heavy atom. The van der Waals surface area contributed by atoms with E-state index < -0.39 is 18.1 Å². The molecule has 28 heavy (non-hydrogen) atoms. The molecule has 0 spiro atoms. The maximum atomic E-state index is 13.2. The molecule has 2 aliphatic rings. The highest BCUT2D eigenvalue weighted by molar-refractivity contribution is 6.32. The van der Waals surface area contributed by atoms with E-state index in [4.69, 9.17) is 11.6 Å². The average Bonchev–Trinajstić information content (AvgIpc) is 3.11. The molecule has 1 unspecified atom stereocenters. The number of nitrogens with zero attached hydrogens (tertiary/aromatic N) is 4. The summed E-state index contributed by atoms with van der Waals surface area (Å²) < 4.78 is 14.1. The van der Waals surface area contributed by atoms with Crippen LogP contribution in [0.5, 0.6) is 0 Å². The summed E-state index contributed by atoms with van der Waals surface area (Å²) >= 11 is 5.82. The highest BCUT2D eigenvalue weighted by Crippen LogP contribution is 2.27. The van der Waals surface area contributed by atoms with Gasteiger partial charge in [-0.3, -0.25) is 14.5 Å². The second kappa shape index (κ2) is 7.12. The van der Waals surface area contributed by atoms with Crippen molar-refractivity contribution in [3.05, 3.63) is 64.9 Å². The topological polar surface area (TPSA) is 73.1 Å². The first kappa shape index (κ1) is 18.2. The molecule has 2 aliphatic heterocycles. The van der Waals surface area contributed by atoms with Gasteiger partial charge in [0.1, 0.15) is 5.82 Å². The average molecular weight is 402 g/mol. The zero-order valence-corrected chi connectivity index (χ0v) is 15.3. The number of anilines is 1. The fourth-order valence-electron chi connectivity index (χ4n) is 3.23. The van der Waals surface area contributed by atoms with Gasteiger partial charge in [-0.15, -0.1) is 0 Å². The zero-order valence-electron chi connectivity index (χ0n) is 14.6. The van der Waals surface area contributed by atoms with Crippen LogP contribution in [0.2, 0.25) is 5.02 Å². The molecule has 0 N–H and O–H groups in total. The molecule has 2 aromatic rings. The first-order valence-corrected chi connectivity index (χ1v) is 8.96. The number of benzene rings is 2. The van der Waals surface area contributed by atoms with Gasteiger partial charge in [0.05, 0.1) is 0 Å². The Hall–Kier alpha value is -3.13. The van der Waals surface area contributed by atoms with Gasteiger partial charge in [0, 0.05) is 34.5 Å². The van der Waals surface area contributed by atoms with Gasteiger partial charge in [0.15, 0.2) is 0 Å². The van der Waals surface area contributed by atoms with Crippen LogP contribution < -0.4 is 4.90 Å². The van der Waals surface area contributed by atoms with Crippen LogP contribution in [0, 0.1) is 5.82 Å². The number of azo groups is 2. The molecule has 2 aromatic carbocycles. The minimum Gasteiger partial charge on any atom is -0.326 e. The Bertz CT molecular complexity index is 991. The van der Waals surface area contributed by atoms with Gasteiger partial charge in [0.25, 0.3) is 6.29 Å². The number of carbonyl (C=O) groups is 3. The molecule has 1 fully saturated rings. The molecule has 142 valence electrons. The number of hydrogen-bond acceptors (Lipinski definition) is 5. The van der Waals surface area contributed by atoms with Crippen molar-refractivity contribution in [3.8, 4) is 0 Å². The fourth-order valence-corrected chi connectivity index (χ4v) is 3.35. The van der Waals surface area contributed by atoms with Gasteiger partial charge in [-0.25, -0.2) is 9.18 Å². The summed E-state index contributed by atoms with van der Waals surface area (Å²) in [6, 6.07) is 12.0. The van der Waals surface area contributed by atoms with Crippen LogP contribution in [-0.2, 0) is 9.59 Å². The quantitative estimate of drug-likeness (QED) is 0.447. The van der Waals surface area contributed by atoms with Crippen molar-refractivity contribution in [2.45, 2.75) is 6.29 Å². The summed E-state index contributed by atoms with van der Waals surface area (Å²) in [7, 11) is 0. The van der Waals surface area contributed by atoms with Crippen molar-refractivity contribution in [2.24, 2.45) is 5.11 Å². The highest BCUT2D eigenvalue weighted by Gasteiger charge is 2.49. The van der Waals surface area contributed by atoms with Gasteiger partial charge in [-0.05, 0) is 53.2 Å². The van der Waals surface area contributed by atoms with E-state index >= 15 is 0 Å². The molecular weight excluding hydrogens is 387 g/mol. The van der Waals surface area contributed by atoms with Crippen LogP contribution >= 0.6 is 11.6 Å². The van der Waals surface area contributed by atoms with Crippen molar-refractivity contribution in [1.82, 2.24) is 4.90 Å². The molecule has 2 heterocycles. The summed E-state index contributed by atoms with van der Waals surface area (Å²) in [4.78, 5) is 40.5. The van der Waals surface area contributed by atoms with Crippen molar-refractivity contribution in [1.29, 1.82) is 0 Å². The molecule has 7 nitrogen and oxygen atoms in total. The van der Waals surface area contributed by atoms with Crippen molar-refractivity contribution in [2.75, 3.05) is 24.5 Å². The van der Waals surface area contributed by atoms with Crippen molar-refractivity contribution < 1.29 is 23.5 Å². The van der Waals surface area contributed by atoms with Crippen molar-refractivity contribution in [3.63, 3.8) is 0 Å². The van der Waals surface area contributed by atoms with E-state index in [2.05, 4.69) is 5.11 Å². The van der Waals surface area contributed by atoms with Crippen LogP contribution in [0.25, 0.3) is 0 Å². The molecule has 9 heteroatoms. The van der Waals surface area contributed by atoms with Crippen LogP contribution in [0.4, 0.5) is 10.1 Å². The van der Waals surface area contributed by atoms with Crippen LogP contribution in [0.15, 0.2) is 53.6 Å². The molecular formula is C19H15ClFN4O3+. The van der Waals surface area contributed by atoms with E-state index in [9.17, 15) is 18.8 Å². The lowest BCUT2D eigenvalue weighted by molar-refractivity contribution is -0.507. The van der Waals surface area contributed by atoms with Gasteiger partial charge >= 0.3 is 11.8 Å². The maximum absolute atomic E-state index is 13.2. The third kappa shape index (κ3) is 3.27. The first-order chi connectivity index (χ1) is 13.4. The van der Waals surface area contributed by atoms with E-state index in [-0.39, 0.29) is 18.1 Å². The summed E-state index contributed by atoms with van der Waals surface area (Å²) in [6.07, 6.45) is -0.756. The lowest BCUT2D eigenvalue weighted by Crippen LogP contribution is -2.52. The van der Waals surface area contributed by atoms with Crippen LogP contribution in [0.3, 0.4) is 0 Å². The van der Waals surface area contributed by atoms with Crippen LogP contribution in [0.1, 0.15) is 10.4 Å². The molecule has 1 saturated heterocycles. The largest absolute Gasteiger partial charge is 0.502 e. The Kier molecular flexibility index (Phi) is 4.64. The van der Waals surface area contributed by atoms with E-state index in [1.165, 1.54) is 17.0 Å². The fraction of sp³-hybridized carbons (Fsp3) is 0.211. The number of hydrogen-bond donors (Lipinski definition) is 0. The molecule has 0 aliphatic carbocycles. The predicted molar refractivity (Wildman–Crippen MR) is 97.6 cm³/mol. The third-order valence-corrected chi connectivity index (χ3v) is 4.93. The number of amides is 2.